The summed E-state index contributed by atoms with van der Waals surface area (Å²) in [6, 6.07) is 0. The maximum absolute atomic E-state index is 10.7. The lowest BCUT2D eigenvalue weighted by molar-refractivity contribution is -0.118. The zero-order valence-electron chi connectivity index (χ0n) is 7.77. The summed E-state index contributed by atoms with van der Waals surface area (Å²) in [6.45, 7) is 1.88. The Hall–Kier alpha value is -0.0900. The molecule has 0 bridgehead atoms. The monoisotopic (exact) mass is 236 g/mol. The summed E-state index contributed by atoms with van der Waals surface area (Å²) >= 11 is 3.09. The van der Waals surface area contributed by atoms with Crippen LogP contribution in [0, 0.1) is 0 Å². The molecule has 3 nitrogen and oxygen atoms in total. The Morgan fingerprint density at radius 1 is 1.42 bits per heavy atom. The number of unbranched alkanes of at least 4 members (excludes halogenated alkanes) is 1. The Kier molecular flexibility index (Phi) is 7.50. The normalized spacial score (nSPS) is 10.3. The van der Waals surface area contributed by atoms with Crippen molar-refractivity contribution in [1.82, 2.24) is 10.2 Å². The van der Waals surface area contributed by atoms with Crippen LogP contribution in [0.1, 0.15) is 12.8 Å². The lowest BCUT2D eigenvalue weighted by Gasteiger charge is -2.08. The number of alkyl halides is 1. The van der Waals surface area contributed by atoms with Crippen LogP contribution in [0.25, 0.3) is 0 Å². The van der Waals surface area contributed by atoms with Gasteiger partial charge in [-0.25, -0.2) is 0 Å². The van der Waals surface area contributed by atoms with Gasteiger partial charge in [-0.1, -0.05) is 15.9 Å². The molecule has 1 amide bonds. The van der Waals surface area contributed by atoms with E-state index in [1.807, 2.05) is 0 Å². The van der Waals surface area contributed by atoms with Crippen LogP contribution in [0.3, 0.4) is 0 Å². The first-order valence-corrected chi connectivity index (χ1v) is 5.26. The molecule has 0 atom stereocenters. The van der Waals surface area contributed by atoms with Crippen LogP contribution in [0.4, 0.5) is 0 Å². The number of hydrogen-bond acceptors (Lipinski definition) is 2. The van der Waals surface area contributed by atoms with Crippen molar-refractivity contribution in [3.63, 3.8) is 0 Å². The Balaban J connectivity index is 3.05. The maximum atomic E-state index is 10.7. The van der Waals surface area contributed by atoms with E-state index >= 15 is 0 Å². The van der Waals surface area contributed by atoms with Gasteiger partial charge in [0.1, 0.15) is 0 Å². The van der Waals surface area contributed by atoms with Crippen LogP contribution in [0.5, 0.6) is 0 Å². The minimum atomic E-state index is 0.0693. The average molecular weight is 237 g/mol. The van der Waals surface area contributed by atoms with E-state index < -0.39 is 0 Å². The van der Waals surface area contributed by atoms with E-state index in [1.54, 1.807) is 0 Å². The molecule has 0 aliphatic heterocycles. The van der Waals surface area contributed by atoms with Gasteiger partial charge in [0.15, 0.2) is 0 Å². The van der Waals surface area contributed by atoms with Gasteiger partial charge in [0.05, 0.1) is 5.33 Å². The molecule has 0 heterocycles. The SMILES string of the molecule is CN(C)CCCCNC(=O)CBr. The number of nitrogens with zero attached hydrogens (tertiary/aromatic N) is 1. The smallest absolute Gasteiger partial charge is 0.230 e. The number of nitrogens with one attached hydrogen (secondary N) is 1. The Bertz CT molecular complexity index is 128. The van der Waals surface area contributed by atoms with Crippen molar-refractivity contribution in [2.24, 2.45) is 0 Å². The first-order valence-electron chi connectivity index (χ1n) is 4.14. The fraction of sp³-hybridized carbons (Fsp3) is 0.875. The second-order valence-corrected chi connectivity index (χ2v) is 3.55. The van der Waals surface area contributed by atoms with Crippen molar-refractivity contribution >= 4 is 21.8 Å². The second-order valence-electron chi connectivity index (χ2n) is 2.99. The van der Waals surface area contributed by atoms with Gasteiger partial charge >= 0.3 is 0 Å². The van der Waals surface area contributed by atoms with Crippen LogP contribution in [-0.2, 0) is 4.79 Å². The number of rotatable bonds is 6. The van der Waals surface area contributed by atoms with Crippen LogP contribution in [0.2, 0.25) is 0 Å². The summed E-state index contributed by atoms with van der Waals surface area (Å²) in [5, 5.41) is 3.21. The van der Waals surface area contributed by atoms with Crippen LogP contribution in [0.15, 0.2) is 0 Å². The van der Waals surface area contributed by atoms with Gasteiger partial charge in [-0.3, -0.25) is 4.79 Å². The Labute approximate surface area is 82.6 Å². The molecule has 0 aromatic heterocycles. The molecule has 0 aliphatic rings. The van der Waals surface area contributed by atoms with E-state index in [0.29, 0.717) is 5.33 Å². The highest BCUT2D eigenvalue weighted by atomic mass is 79.9. The quantitative estimate of drug-likeness (QED) is 0.548. The van der Waals surface area contributed by atoms with Gasteiger partial charge in [0, 0.05) is 6.54 Å². The minimum absolute atomic E-state index is 0.0693. The summed E-state index contributed by atoms with van der Waals surface area (Å²) in [4.78, 5) is 12.9. The third-order valence-corrected chi connectivity index (χ3v) is 1.98. The zero-order chi connectivity index (χ0) is 9.40. The summed E-state index contributed by atoms with van der Waals surface area (Å²) in [7, 11) is 4.11. The fourth-order valence-electron chi connectivity index (χ4n) is 0.828. The highest BCUT2D eigenvalue weighted by Crippen LogP contribution is 1.89. The first-order chi connectivity index (χ1) is 5.66. The van der Waals surface area contributed by atoms with Gasteiger partial charge in [-0.15, -0.1) is 0 Å². The number of halogens is 1. The number of carbonyl (C=O) groups excluding carboxylic acids is 1. The molecule has 0 aromatic carbocycles. The topological polar surface area (TPSA) is 32.3 Å². The largest absolute Gasteiger partial charge is 0.355 e. The molecule has 0 saturated carbocycles. The Morgan fingerprint density at radius 2 is 2.08 bits per heavy atom. The minimum Gasteiger partial charge on any atom is -0.355 e. The molecule has 0 radical (unpaired) electrons. The van der Waals surface area contributed by atoms with E-state index in [-0.39, 0.29) is 5.91 Å². The Morgan fingerprint density at radius 3 is 2.58 bits per heavy atom. The van der Waals surface area contributed by atoms with Crippen molar-refractivity contribution < 1.29 is 4.79 Å². The molecular formula is C8H17BrN2O. The molecule has 0 fully saturated rings. The van der Waals surface area contributed by atoms with Crippen LogP contribution < -0.4 is 5.32 Å². The van der Waals surface area contributed by atoms with E-state index in [1.165, 1.54) is 0 Å². The lowest BCUT2D eigenvalue weighted by atomic mass is 10.3. The molecular weight excluding hydrogens is 220 g/mol. The molecule has 0 saturated heterocycles. The highest BCUT2D eigenvalue weighted by Gasteiger charge is 1.95. The van der Waals surface area contributed by atoms with Crippen molar-refractivity contribution in [3.8, 4) is 0 Å². The lowest BCUT2D eigenvalue weighted by Crippen LogP contribution is -2.25. The molecule has 12 heavy (non-hydrogen) atoms. The van der Waals surface area contributed by atoms with E-state index in [0.717, 1.165) is 25.9 Å². The number of carbonyl (C=O) groups is 1. The van der Waals surface area contributed by atoms with Gasteiger partial charge in [-0.2, -0.15) is 0 Å². The van der Waals surface area contributed by atoms with Crippen molar-refractivity contribution in [3.05, 3.63) is 0 Å². The highest BCUT2D eigenvalue weighted by molar-refractivity contribution is 9.09. The predicted octanol–water partition coefficient (Wildman–Crippen LogP) is 0.839. The predicted molar refractivity (Wildman–Crippen MR) is 54.6 cm³/mol. The molecule has 0 unspecified atom stereocenters. The fourth-order valence-corrected chi connectivity index (χ4v) is 1.03. The third-order valence-electron chi connectivity index (χ3n) is 1.48. The van der Waals surface area contributed by atoms with Crippen molar-refractivity contribution in [2.45, 2.75) is 12.8 Å². The standard InChI is InChI=1S/C8H17BrN2O/c1-11(2)6-4-3-5-10-8(12)7-9/h3-7H2,1-2H3,(H,10,12). The molecule has 0 rings (SSSR count). The summed E-state index contributed by atoms with van der Waals surface area (Å²) in [5.41, 5.74) is 0. The van der Waals surface area contributed by atoms with Gasteiger partial charge in [0.2, 0.25) is 5.91 Å². The zero-order valence-corrected chi connectivity index (χ0v) is 9.35. The molecule has 1 N–H and O–H groups in total. The van der Waals surface area contributed by atoms with Crippen molar-refractivity contribution in [1.29, 1.82) is 0 Å². The van der Waals surface area contributed by atoms with Crippen LogP contribution in [-0.4, -0.2) is 43.3 Å². The second kappa shape index (κ2) is 7.55. The molecule has 4 heteroatoms. The van der Waals surface area contributed by atoms with E-state index in [2.05, 4.69) is 40.2 Å². The maximum Gasteiger partial charge on any atom is 0.230 e. The van der Waals surface area contributed by atoms with E-state index in [4.69, 9.17) is 0 Å². The summed E-state index contributed by atoms with van der Waals surface area (Å²) < 4.78 is 0. The average Bonchev–Trinajstić information content (AvgIpc) is 2.03. The number of hydrogen-bond donors (Lipinski definition) is 1. The summed E-state index contributed by atoms with van der Waals surface area (Å²) in [5.74, 6) is 0.0693. The molecule has 72 valence electrons. The third kappa shape index (κ3) is 8.01. The summed E-state index contributed by atoms with van der Waals surface area (Å²) in [6.07, 6.45) is 2.19. The van der Waals surface area contributed by atoms with Gasteiger partial charge in [0.25, 0.3) is 0 Å². The number of amides is 1. The van der Waals surface area contributed by atoms with Gasteiger partial charge in [-0.05, 0) is 33.5 Å². The van der Waals surface area contributed by atoms with Crippen LogP contribution >= 0.6 is 15.9 Å². The van der Waals surface area contributed by atoms with Crippen molar-refractivity contribution in [2.75, 3.05) is 32.5 Å². The van der Waals surface area contributed by atoms with E-state index in [9.17, 15) is 4.79 Å². The molecule has 0 spiro atoms. The van der Waals surface area contributed by atoms with Gasteiger partial charge < -0.3 is 10.2 Å². The molecule has 0 aliphatic carbocycles. The first kappa shape index (κ1) is 11.9. The molecule has 0 aromatic rings.